The Morgan fingerprint density at radius 2 is 1.05 bits per heavy atom. The molecule has 42 heavy (non-hydrogen) atoms. The number of benzene rings is 6. The minimum Gasteiger partial charge on any atom is -0.289 e. The molecule has 0 amide bonds. The molecule has 6 aromatic carbocycles. The Morgan fingerprint density at radius 3 is 1.67 bits per heavy atom. The van der Waals surface area contributed by atoms with Crippen molar-refractivity contribution in [2.45, 2.75) is 0 Å². The molecule has 0 saturated heterocycles. The van der Waals surface area contributed by atoms with E-state index in [0.717, 1.165) is 22.3 Å². The van der Waals surface area contributed by atoms with Gasteiger partial charge in [0.05, 0.1) is 9.85 Å². The Hall–Kier alpha value is -6.02. The van der Waals surface area contributed by atoms with E-state index in [0.29, 0.717) is 43.8 Å². The summed E-state index contributed by atoms with van der Waals surface area (Å²) in [6.07, 6.45) is 0. The Bertz CT molecular complexity index is 2300. The molecule has 0 aromatic heterocycles. The van der Waals surface area contributed by atoms with E-state index in [1.807, 2.05) is 48.5 Å². The first kappa shape index (κ1) is 23.8. The Labute approximate surface area is 236 Å². The number of carbonyl (C=O) groups is 2. The number of non-ortho nitro benzene ring substituents is 1. The third-order valence-electron chi connectivity index (χ3n) is 8.27. The number of hydrogen-bond acceptors (Lipinski definition) is 6. The van der Waals surface area contributed by atoms with E-state index in [1.165, 1.54) is 18.2 Å². The number of carbonyl (C=O) groups excluding carboxylic acids is 2. The normalized spacial score (nSPS) is 12.8. The summed E-state index contributed by atoms with van der Waals surface area (Å²) in [6, 6.07) is 27.7. The summed E-state index contributed by atoms with van der Waals surface area (Å²) in [6.45, 7) is 0. The van der Waals surface area contributed by atoms with E-state index in [9.17, 15) is 29.8 Å². The standard InChI is InChI=1S/C34H16N2O6/c37-33-24-7-3-1-5-22(24)26-14-19(12-20-13-21(35(39)40)16-28(33)30(20)26)18-11-17-9-10-29(36(41)42)32-31(17)27(15-18)23-6-2-4-8-25(23)34(32)38/h1-16H. The maximum Gasteiger partial charge on any atom is 0.281 e. The summed E-state index contributed by atoms with van der Waals surface area (Å²) >= 11 is 0. The molecular weight excluding hydrogens is 532 g/mol. The summed E-state index contributed by atoms with van der Waals surface area (Å²) in [7, 11) is 0. The fraction of sp³-hybridized carbons (Fsp3) is 0. The average Bonchev–Trinajstić information content (AvgIpc) is 3.01. The average molecular weight is 549 g/mol. The molecule has 0 heterocycles. The van der Waals surface area contributed by atoms with E-state index in [2.05, 4.69) is 0 Å². The predicted molar refractivity (Wildman–Crippen MR) is 158 cm³/mol. The number of nitro groups is 2. The van der Waals surface area contributed by atoms with Crippen molar-refractivity contribution < 1.29 is 19.4 Å². The van der Waals surface area contributed by atoms with Crippen LogP contribution < -0.4 is 0 Å². The largest absolute Gasteiger partial charge is 0.289 e. The molecule has 6 aromatic rings. The van der Waals surface area contributed by atoms with Crippen molar-refractivity contribution in [1.29, 1.82) is 0 Å². The van der Waals surface area contributed by atoms with E-state index < -0.39 is 9.85 Å². The fourth-order valence-electron chi connectivity index (χ4n) is 6.49. The first-order chi connectivity index (χ1) is 20.3. The van der Waals surface area contributed by atoms with Crippen molar-refractivity contribution in [3.63, 3.8) is 0 Å². The molecule has 0 saturated carbocycles. The second kappa shape index (κ2) is 8.25. The van der Waals surface area contributed by atoms with Gasteiger partial charge >= 0.3 is 0 Å². The first-order valence-electron chi connectivity index (χ1n) is 13.1. The van der Waals surface area contributed by atoms with E-state index in [-0.39, 0.29) is 34.1 Å². The van der Waals surface area contributed by atoms with Crippen molar-refractivity contribution >= 4 is 44.5 Å². The Balaban J connectivity index is 1.48. The molecule has 8 heteroatoms. The molecule has 2 aliphatic rings. The van der Waals surface area contributed by atoms with Gasteiger partial charge in [0.15, 0.2) is 5.78 Å². The molecule has 0 aliphatic heterocycles. The van der Waals surface area contributed by atoms with E-state index in [4.69, 9.17) is 0 Å². The highest BCUT2D eigenvalue weighted by atomic mass is 16.6. The van der Waals surface area contributed by atoms with Gasteiger partial charge in [-0.05, 0) is 74.5 Å². The smallest absolute Gasteiger partial charge is 0.281 e. The van der Waals surface area contributed by atoms with Crippen molar-refractivity contribution in [1.82, 2.24) is 0 Å². The predicted octanol–water partition coefficient (Wildman–Crippen LogP) is 7.90. The zero-order chi connectivity index (χ0) is 28.9. The van der Waals surface area contributed by atoms with Crippen LogP contribution in [0, 0.1) is 20.2 Å². The van der Waals surface area contributed by atoms with Gasteiger partial charge in [-0.15, -0.1) is 0 Å². The van der Waals surface area contributed by atoms with Crippen LogP contribution in [0.3, 0.4) is 0 Å². The van der Waals surface area contributed by atoms with Gasteiger partial charge in [0.2, 0.25) is 5.78 Å². The van der Waals surface area contributed by atoms with Crippen LogP contribution in [0.4, 0.5) is 11.4 Å². The van der Waals surface area contributed by atoms with Crippen LogP contribution in [0.2, 0.25) is 0 Å². The highest BCUT2D eigenvalue weighted by Gasteiger charge is 2.33. The van der Waals surface area contributed by atoms with Crippen LogP contribution in [0.15, 0.2) is 97.1 Å². The number of fused-ring (bicyclic) bond motifs is 4. The number of rotatable bonds is 3. The molecule has 0 atom stereocenters. The van der Waals surface area contributed by atoms with Crippen molar-refractivity contribution in [3.8, 4) is 33.4 Å². The highest BCUT2D eigenvalue weighted by molar-refractivity contribution is 6.29. The van der Waals surface area contributed by atoms with Crippen molar-refractivity contribution in [3.05, 3.63) is 140 Å². The summed E-state index contributed by atoms with van der Waals surface area (Å²) in [4.78, 5) is 49.6. The zero-order valence-corrected chi connectivity index (χ0v) is 21.6. The molecule has 8 rings (SSSR count). The summed E-state index contributed by atoms with van der Waals surface area (Å²) in [5.74, 6) is -0.649. The SMILES string of the molecule is O=C1c2ccccc2-c2cc(-c3cc4c5c(c([N+](=O)[O-])ccc5c3)C(=O)c3ccccc3-4)cc3cc([N+](=O)[O-])cc1c23. The molecule has 0 fully saturated rings. The van der Waals surface area contributed by atoms with E-state index >= 15 is 0 Å². The van der Waals surface area contributed by atoms with Gasteiger partial charge in [0, 0.05) is 45.7 Å². The lowest BCUT2D eigenvalue weighted by atomic mass is 9.79. The second-order valence-electron chi connectivity index (χ2n) is 10.5. The third-order valence-corrected chi connectivity index (χ3v) is 8.27. The Kier molecular flexibility index (Phi) is 4.68. The molecule has 8 nitrogen and oxygen atoms in total. The number of ketones is 2. The fourth-order valence-corrected chi connectivity index (χ4v) is 6.49. The maximum absolute atomic E-state index is 13.5. The number of hydrogen-bond donors (Lipinski definition) is 0. The quantitative estimate of drug-likeness (QED) is 0.163. The molecule has 0 bridgehead atoms. The van der Waals surface area contributed by atoms with Crippen LogP contribution in [-0.4, -0.2) is 21.4 Å². The molecule has 0 spiro atoms. The number of nitro benzene ring substituents is 2. The van der Waals surface area contributed by atoms with Crippen molar-refractivity contribution in [2.75, 3.05) is 0 Å². The first-order valence-corrected chi connectivity index (χ1v) is 13.1. The van der Waals surface area contributed by atoms with Gasteiger partial charge < -0.3 is 0 Å². The van der Waals surface area contributed by atoms with Gasteiger partial charge in [-0.2, -0.15) is 0 Å². The minimum absolute atomic E-state index is 0.0686. The van der Waals surface area contributed by atoms with E-state index in [1.54, 1.807) is 30.3 Å². The highest BCUT2D eigenvalue weighted by Crippen LogP contribution is 2.47. The van der Waals surface area contributed by atoms with Gasteiger partial charge in [-0.25, -0.2) is 0 Å². The summed E-state index contributed by atoms with van der Waals surface area (Å²) in [5, 5.41) is 26.1. The second-order valence-corrected chi connectivity index (χ2v) is 10.5. The van der Waals surface area contributed by atoms with Crippen LogP contribution in [0.25, 0.3) is 54.9 Å². The molecule has 198 valence electrons. The lowest BCUT2D eigenvalue weighted by Crippen LogP contribution is -2.12. The van der Waals surface area contributed by atoms with Crippen molar-refractivity contribution in [2.24, 2.45) is 0 Å². The minimum atomic E-state index is -0.532. The lowest BCUT2D eigenvalue weighted by Gasteiger charge is -2.23. The maximum atomic E-state index is 13.5. The molecule has 0 unspecified atom stereocenters. The van der Waals surface area contributed by atoms with Gasteiger partial charge in [0.1, 0.15) is 5.56 Å². The molecule has 0 radical (unpaired) electrons. The molecular formula is C34H16N2O6. The van der Waals surface area contributed by atoms with Crippen LogP contribution >= 0.6 is 0 Å². The van der Waals surface area contributed by atoms with Crippen LogP contribution in [0.1, 0.15) is 31.8 Å². The number of nitrogens with zero attached hydrogens (tertiary/aromatic N) is 2. The van der Waals surface area contributed by atoms with Crippen LogP contribution in [0.5, 0.6) is 0 Å². The molecule has 0 N–H and O–H groups in total. The Morgan fingerprint density at radius 1 is 0.476 bits per heavy atom. The lowest BCUT2D eigenvalue weighted by molar-refractivity contribution is -0.385. The zero-order valence-electron chi connectivity index (χ0n) is 21.6. The summed E-state index contributed by atoms with van der Waals surface area (Å²) in [5.41, 5.74) is 5.22. The topological polar surface area (TPSA) is 120 Å². The third kappa shape index (κ3) is 3.11. The van der Waals surface area contributed by atoms with Gasteiger partial charge in [-0.3, -0.25) is 29.8 Å². The monoisotopic (exact) mass is 548 g/mol. The van der Waals surface area contributed by atoms with Gasteiger partial charge in [0.25, 0.3) is 11.4 Å². The van der Waals surface area contributed by atoms with Crippen LogP contribution in [-0.2, 0) is 0 Å². The van der Waals surface area contributed by atoms with Gasteiger partial charge in [-0.1, -0.05) is 48.5 Å². The molecule has 2 aliphatic carbocycles. The summed E-state index contributed by atoms with van der Waals surface area (Å²) < 4.78 is 0.